The van der Waals surface area contributed by atoms with Crippen LogP contribution in [0.4, 0.5) is 0 Å². The van der Waals surface area contributed by atoms with Crippen LogP contribution in [0.3, 0.4) is 0 Å². The smallest absolute Gasteiger partial charge is 0.124 e. The van der Waals surface area contributed by atoms with Gasteiger partial charge in [0.05, 0.1) is 5.70 Å². The molecule has 0 aliphatic carbocycles. The van der Waals surface area contributed by atoms with E-state index < -0.39 is 0 Å². The summed E-state index contributed by atoms with van der Waals surface area (Å²) in [6, 6.07) is 0. The van der Waals surface area contributed by atoms with Crippen LogP contribution in [-0.4, -0.2) is 25.6 Å². The van der Waals surface area contributed by atoms with Crippen LogP contribution in [0, 0.1) is 0 Å². The topological polar surface area (TPSA) is 36.8 Å². The van der Waals surface area contributed by atoms with Gasteiger partial charge in [0, 0.05) is 6.54 Å². The highest BCUT2D eigenvalue weighted by molar-refractivity contribution is 5.84. The van der Waals surface area contributed by atoms with Crippen LogP contribution < -0.4 is 5.32 Å². The summed E-state index contributed by atoms with van der Waals surface area (Å²) in [5.74, 6) is 0.709. The Balaban J connectivity index is 4.09. The van der Waals surface area contributed by atoms with Crippen molar-refractivity contribution in [2.24, 2.45) is 9.98 Å². The van der Waals surface area contributed by atoms with Crippen molar-refractivity contribution in [3.63, 3.8) is 0 Å². The van der Waals surface area contributed by atoms with Crippen LogP contribution in [0.15, 0.2) is 21.8 Å². The molecule has 3 nitrogen and oxygen atoms in total. The fraction of sp³-hybridized carbons (Fsp3) is 0.556. The van der Waals surface area contributed by atoms with E-state index in [1.165, 1.54) is 0 Å². The normalized spacial score (nSPS) is 13.2. The number of nitrogens with zero attached hydrogens (tertiary/aromatic N) is 2. The van der Waals surface area contributed by atoms with Crippen LogP contribution in [0.1, 0.15) is 20.8 Å². The lowest BCUT2D eigenvalue weighted by atomic mass is 10.4. The lowest BCUT2D eigenvalue weighted by molar-refractivity contribution is 0.770. The van der Waals surface area contributed by atoms with Crippen LogP contribution in [0.5, 0.6) is 0 Å². The zero-order chi connectivity index (χ0) is 9.40. The maximum atomic E-state index is 4.24. The van der Waals surface area contributed by atoms with Crippen LogP contribution in [0.25, 0.3) is 0 Å². The van der Waals surface area contributed by atoms with Gasteiger partial charge in [-0.1, -0.05) is 13.0 Å². The van der Waals surface area contributed by atoms with E-state index >= 15 is 0 Å². The number of aliphatic imine (C=N–C) groups is 2. The van der Waals surface area contributed by atoms with E-state index in [1.54, 1.807) is 0 Å². The quantitative estimate of drug-likeness (QED) is 0.501. The second-order valence-corrected chi connectivity index (χ2v) is 2.38. The average molecular weight is 167 g/mol. The molecule has 0 saturated carbocycles. The molecule has 0 aliphatic heterocycles. The molecule has 0 aromatic carbocycles. The maximum Gasteiger partial charge on any atom is 0.124 e. The third-order valence-electron chi connectivity index (χ3n) is 1.42. The van der Waals surface area contributed by atoms with Crippen molar-refractivity contribution >= 4 is 12.6 Å². The summed E-state index contributed by atoms with van der Waals surface area (Å²) >= 11 is 0. The van der Waals surface area contributed by atoms with E-state index in [2.05, 4.69) is 28.9 Å². The molecule has 12 heavy (non-hydrogen) atoms. The van der Waals surface area contributed by atoms with E-state index in [-0.39, 0.29) is 0 Å². The summed E-state index contributed by atoms with van der Waals surface area (Å²) < 4.78 is 0. The van der Waals surface area contributed by atoms with Gasteiger partial charge >= 0.3 is 0 Å². The molecule has 0 atom stereocenters. The molecule has 0 aliphatic rings. The molecule has 0 amide bonds. The Hall–Kier alpha value is -0.960. The van der Waals surface area contributed by atoms with Gasteiger partial charge in [0.15, 0.2) is 0 Å². The Kier molecular flexibility index (Phi) is 6.19. The standard InChI is InChI=1S/C9H17N3/c1-5-9(7-11-6-2)12-8(3)10-4/h5,11H,4,6-7H2,1-3H3/b9-5-,12-8?. The monoisotopic (exact) mass is 167 g/mol. The minimum Gasteiger partial charge on any atom is -0.311 e. The lowest BCUT2D eigenvalue weighted by Gasteiger charge is -2.01. The minimum atomic E-state index is 0.709. The van der Waals surface area contributed by atoms with Crippen molar-refractivity contribution in [2.75, 3.05) is 13.1 Å². The zero-order valence-electron chi connectivity index (χ0n) is 8.09. The summed E-state index contributed by atoms with van der Waals surface area (Å²) in [4.78, 5) is 7.95. The third kappa shape index (κ3) is 4.79. The average Bonchev–Trinajstić information content (AvgIpc) is 2.11. The van der Waals surface area contributed by atoms with Gasteiger partial charge in [-0.2, -0.15) is 0 Å². The summed E-state index contributed by atoms with van der Waals surface area (Å²) in [6.45, 7) is 11.0. The predicted octanol–water partition coefficient (Wildman–Crippen LogP) is 1.62. The number of rotatable bonds is 4. The number of hydrogen-bond donors (Lipinski definition) is 1. The summed E-state index contributed by atoms with van der Waals surface area (Å²) in [5, 5.41) is 3.19. The third-order valence-corrected chi connectivity index (χ3v) is 1.42. The molecule has 68 valence electrons. The molecular weight excluding hydrogens is 150 g/mol. The van der Waals surface area contributed by atoms with Gasteiger partial charge < -0.3 is 5.32 Å². The number of nitrogens with one attached hydrogen (secondary N) is 1. The molecule has 3 heteroatoms. The van der Waals surface area contributed by atoms with Crippen molar-refractivity contribution < 1.29 is 0 Å². The second kappa shape index (κ2) is 6.73. The Labute approximate surface area is 74.3 Å². The van der Waals surface area contributed by atoms with E-state index in [4.69, 9.17) is 0 Å². The number of hydrogen-bond acceptors (Lipinski definition) is 2. The van der Waals surface area contributed by atoms with Gasteiger partial charge in [-0.15, -0.1) is 0 Å². The molecule has 0 rings (SSSR count). The number of allylic oxidation sites excluding steroid dienone is 1. The van der Waals surface area contributed by atoms with Crippen LogP contribution in [0.2, 0.25) is 0 Å². The highest BCUT2D eigenvalue weighted by Crippen LogP contribution is 1.95. The number of likely N-dealkylation sites (N-methyl/N-ethyl adjacent to an activating group) is 1. The van der Waals surface area contributed by atoms with Gasteiger partial charge in [0.2, 0.25) is 0 Å². The minimum absolute atomic E-state index is 0.709. The molecular formula is C9H17N3. The zero-order valence-corrected chi connectivity index (χ0v) is 8.09. The molecule has 0 heterocycles. The van der Waals surface area contributed by atoms with Gasteiger partial charge in [-0.25, -0.2) is 9.98 Å². The molecule has 0 spiro atoms. The van der Waals surface area contributed by atoms with E-state index in [1.807, 2.05) is 19.9 Å². The first-order chi connectivity index (χ1) is 5.74. The van der Waals surface area contributed by atoms with Crippen molar-refractivity contribution in [1.29, 1.82) is 0 Å². The van der Waals surface area contributed by atoms with Gasteiger partial charge in [-0.3, -0.25) is 0 Å². The Morgan fingerprint density at radius 3 is 2.67 bits per heavy atom. The first-order valence-corrected chi connectivity index (χ1v) is 4.12. The van der Waals surface area contributed by atoms with E-state index in [0.717, 1.165) is 18.8 Å². The van der Waals surface area contributed by atoms with E-state index in [0.29, 0.717) is 5.84 Å². The number of amidine groups is 1. The molecule has 0 fully saturated rings. The Morgan fingerprint density at radius 2 is 2.25 bits per heavy atom. The Bertz CT molecular complexity index is 192. The molecule has 1 N–H and O–H groups in total. The molecule has 0 unspecified atom stereocenters. The largest absolute Gasteiger partial charge is 0.311 e. The molecule has 0 aromatic heterocycles. The molecule has 0 aromatic rings. The van der Waals surface area contributed by atoms with Gasteiger partial charge in [-0.05, 0) is 27.1 Å². The lowest BCUT2D eigenvalue weighted by Crippen LogP contribution is -2.15. The van der Waals surface area contributed by atoms with Crippen molar-refractivity contribution in [1.82, 2.24) is 5.32 Å². The van der Waals surface area contributed by atoms with E-state index in [9.17, 15) is 0 Å². The highest BCUT2D eigenvalue weighted by Gasteiger charge is 1.91. The summed E-state index contributed by atoms with van der Waals surface area (Å²) in [7, 11) is 0. The highest BCUT2D eigenvalue weighted by atomic mass is 14.9. The Morgan fingerprint density at radius 1 is 1.58 bits per heavy atom. The molecule has 0 bridgehead atoms. The molecule has 0 saturated heterocycles. The summed E-state index contributed by atoms with van der Waals surface area (Å²) in [5.41, 5.74) is 1.00. The van der Waals surface area contributed by atoms with Crippen molar-refractivity contribution in [3.8, 4) is 0 Å². The first-order valence-electron chi connectivity index (χ1n) is 4.12. The summed E-state index contributed by atoms with van der Waals surface area (Å²) in [6.07, 6.45) is 1.97. The predicted molar refractivity (Wildman–Crippen MR) is 55.0 cm³/mol. The maximum absolute atomic E-state index is 4.24. The fourth-order valence-corrected chi connectivity index (χ4v) is 0.702. The van der Waals surface area contributed by atoms with Crippen molar-refractivity contribution in [3.05, 3.63) is 11.8 Å². The van der Waals surface area contributed by atoms with Gasteiger partial charge in [0.25, 0.3) is 0 Å². The van der Waals surface area contributed by atoms with Crippen molar-refractivity contribution in [2.45, 2.75) is 20.8 Å². The van der Waals surface area contributed by atoms with Crippen LogP contribution >= 0.6 is 0 Å². The van der Waals surface area contributed by atoms with Gasteiger partial charge in [0.1, 0.15) is 5.84 Å². The first kappa shape index (κ1) is 11.0. The fourth-order valence-electron chi connectivity index (χ4n) is 0.702. The SMILES string of the molecule is C=NC(C)=N/C(=C\C)CNCC. The molecule has 0 radical (unpaired) electrons. The van der Waals surface area contributed by atoms with Crippen LogP contribution in [-0.2, 0) is 0 Å². The second-order valence-electron chi connectivity index (χ2n) is 2.38.